The van der Waals surface area contributed by atoms with Crippen LogP contribution in [0, 0.1) is 23.7 Å². The molecule has 0 aliphatic rings. The molecule has 0 spiro atoms. The molecule has 0 aliphatic carbocycles. The van der Waals surface area contributed by atoms with E-state index in [-0.39, 0.29) is 12.1 Å². The molecule has 106 valence electrons. The Morgan fingerprint density at radius 2 is 2.10 bits per heavy atom. The number of alkyl halides is 3. The third kappa shape index (κ3) is 3.54. The molecule has 4 nitrogen and oxygen atoms in total. The van der Waals surface area contributed by atoms with Crippen molar-refractivity contribution in [1.82, 2.24) is 9.78 Å². The van der Waals surface area contributed by atoms with Gasteiger partial charge >= 0.3 is 6.36 Å². The molecule has 1 aromatic carbocycles. The van der Waals surface area contributed by atoms with Crippen LogP contribution in [0.15, 0.2) is 30.6 Å². The van der Waals surface area contributed by atoms with Crippen LogP contribution in [0.4, 0.5) is 13.2 Å². The lowest BCUT2D eigenvalue weighted by molar-refractivity contribution is -0.274. The Hall–Kier alpha value is -2.93. The van der Waals surface area contributed by atoms with Gasteiger partial charge in [-0.3, -0.25) is 4.68 Å². The molecule has 2 rings (SSSR count). The number of ether oxygens (including phenoxy) is 1. The molecule has 0 atom stereocenters. The molecule has 0 saturated heterocycles. The van der Waals surface area contributed by atoms with Gasteiger partial charge in [-0.1, -0.05) is 12.0 Å². The predicted octanol–water partition coefficient (Wildman–Crippen LogP) is 2.95. The summed E-state index contributed by atoms with van der Waals surface area (Å²) in [5.74, 6) is 1.72. The summed E-state index contributed by atoms with van der Waals surface area (Å²) in [6, 6.07) is 5.92. The number of halogens is 3. The molecule has 0 N–H and O–H groups in total. The Kier molecular flexibility index (Phi) is 3.86. The summed E-state index contributed by atoms with van der Waals surface area (Å²) in [4.78, 5) is 0. The van der Waals surface area contributed by atoms with E-state index in [1.54, 1.807) is 6.20 Å². The van der Waals surface area contributed by atoms with E-state index in [2.05, 4.69) is 15.8 Å². The van der Waals surface area contributed by atoms with E-state index in [9.17, 15) is 13.2 Å². The topological polar surface area (TPSA) is 50.8 Å². The summed E-state index contributed by atoms with van der Waals surface area (Å²) in [5, 5.41) is 12.5. The van der Waals surface area contributed by atoms with Gasteiger partial charge in [-0.05, 0) is 17.7 Å². The summed E-state index contributed by atoms with van der Waals surface area (Å²) in [6.45, 7) is 0.0806. The van der Waals surface area contributed by atoms with E-state index in [1.165, 1.54) is 23.0 Å². The van der Waals surface area contributed by atoms with Gasteiger partial charge in [0.1, 0.15) is 12.3 Å². The van der Waals surface area contributed by atoms with E-state index in [1.807, 2.05) is 6.07 Å². The number of hydrogen-bond donors (Lipinski definition) is 0. The van der Waals surface area contributed by atoms with E-state index in [0.29, 0.717) is 11.1 Å². The van der Waals surface area contributed by atoms with Crippen LogP contribution < -0.4 is 4.74 Å². The minimum absolute atomic E-state index is 0.0159. The molecule has 0 radical (unpaired) electrons. The normalized spacial score (nSPS) is 10.7. The van der Waals surface area contributed by atoms with Crippen LogP contribution in [0.1, 0.15) is 5.56 Å². The standard InChI is InChI=1S/C14H8F3N3O/c1-2-10-7-11(3-4-13(10)21-14(15,16)17)12-8-19-20(9-12)6-5-18/h1,3-4,7-9H,6H2. The summed E-state index contributed by atoms with van der Waals surface area (Å²) in [6.07, 6.45) is 3.50. The van der Waals surface area contributed by atoms with Gasteiger partial charge in [0.25, 0.3) is 0 Å². The van der Waals surface area contributed by atoms with Crippen LogP contribution in [-0.2, 0) is 6.54 Å². The van der Waals surface area contributed by atoms with Crippen molar-refractivity contribution in [2.45, 2.75) is 12.9 Å². The molecule has 1 heterocycles. The highest BCUT2D eigenvalue weighted by atomic mass is 19.4. The van der Waals surface area contributed by atoms with Crippen molar-refractivity contribution < 1.29 is 17.9 Å². The van der Waals surface area contributed by atoms with Gasteiger partial charge in [-0.25, -0.2) is 0 Å². The van der Waals surface area contributed by atoms with Gasteiger partial charge in [0, 0.05) is 11.8 Å². The van der Waals surface area contributed by atoms with E-state index >= 15 is 0 Å². The highest BCUT2D eigenvalue weighted by molar-refractivity contribution is 5.66. The second-order valence-electron chi connectivity index (χ2n) is 3.99. The van der Waals surface area contributed by atoms with Gasteiger partial charge in [-0.15, -0.1) is 19.6 Å². The van der Waals surface area contributed by atoms with Crippen molar-refractivity contribution in [2.24, 2.45) is 0 Å². The third-order valence-corrected chi connectivity index (χ3v) is 2.56. The molecule has 2 aromatic rings. The molecule has 0 saturated carbocycles. The first-order chi connectivity index (χ1) is 9.93. The number of nitrogens with zero attached hydrogens (tertiary/aromatic N) is 3. The van der Waals surface area contributed by atoms with Crippen LogP contribution in [-0.4, -0.2) is 16.1 Å². The zero-order chi connectivity index (χ0) is 15.5. The first kappa shape index (κ1) is 14.5. The fraction of sp³-hybridized carbons (Fsp3) is 0.143. The van der Waals surface area contributed by atoms with Crippen molar-refractivity contribution in [3.8, 4) is 35.3 Å². The molecular formula is C14H8F3N3O. The zero-order valence-corrected chi connectivity index (χ0v) is 10.6. The van der Waals surface area contributed by atoms with Crippen molar-refractivity contribution in [1.29, 1.82) is 5.26 Å². The summed E-state index contributed by atoms with van der Waals surface area (Å²) >= 11 is 0. The van der Waals surface area contributed by atoms with Crippen LogP contribution >= 0.6 is 0 Å². The first-order valence-corrected chi connectivity index (χ1v) is 5.69. The molecule has 0 aliphatic heterocycles. The Bertz CT molecular complexity index is 735. The number of benzene rings is 1. The smallest absolute Gasteiger partial charge is 0.404 e. The predicted molar refractivity (Wildman–Crippen MR) is 67.9 cm³/mol. The monoisotopic (exact) mass is 291 g/mol. The third-order valence-electron chi connectivity index (χ3n) is 2.56. The van der Waals surface area contributed by atoms with Crippen LogP contribution in [0.3, 0.4) is 0 Å². The Labute approximate surface area is 118 Å². The number of terminal acetylenes is 1. The fourth-order valence-electron chi connectivity index (χ4n) is 1.71. The Morgan fingerprint density at radius 3 is 2.71 bits per heavy atom. The maximum atomic E-state index is 12.2. The van der Waals surface area contributed by atoms with Gasteiger partial charge in [0.15, 0.2) is 0 Å². The molecule has 21 heavy (non-hydrogen) atoms. The highest BCUT2D eigenvalue weighted by Gasteiger charge is 2.32. The summed E-state index contributed by atoms with van der Waals surface area (Å²) < 4.78 is 42.0. The van der Waals surface area contributed by atoms with E-state index in [4.69, 9.17) is 11.7 Å². The van der Waals surface area contributed by atoms with Gasteiger partial charge < -0.3 is 4.74 Å². The molecule has 0 amide bonds. The minimum Gasteiger partial charge on any atom is -0.404 e. The van der Waals surface area contributed by atoms with Crippen LogP contribution in [0.5, 0.6) is 5.75 Å². The van der Waals surface area contributed by atoms with Crippen molar-refractivity contribution in [2.75, 3.05) is 0 Å². The summed E-state index contributed by atoms with van der Waals surface area (Å²) in [5.41, 5.74) is 1.21. The number of nitriles is 1. The SMILES string of the molecule is C#Cc1cc(-c2cnn(CC#N)c2)ccc1OC(F)(F)F. The lowest BCUT2D eigenvalue weighted by Gasteiger charge is -2.11. The molecule has 0 bridgehead atoms. The van der Waals surface area contributed by atoms with E-state index in [0.717, 1.165) is 6.07 Å². The van der Waals surface area contributed by atoms with Crippen molar-refractivity contribution in [3.63, 3.8) is 0 Å². The number of hydrogen-bond acceptors (Lipinski definition) is 3. The highest BCUT2D eigenvalue weighted by Crippen LogP contribution is 2.30. The molecule has 0 fully saturated rings. The Morgan fingerprint density at radius 1 is 1.33 bits per heavy atom. The molecule has 1 aromatic heterocycles. The largest absolute Gasteiger partial charge is 0.573 e. The lowest BCUT2D eigenvalue weighted by atomic mass is 10.1. The maximum Gasteiger partial charge on any atom is 0.573 e. The molecule has 7 heteroatoms. The molecule has 0 unspecified atom stereocenters. The van der Waals surface area contributed by atoms with Crippen LogP contribution in [0.25, 0.3) is 11.1 Å². The lowest BCUT2D eigenvalue weighted by Crippen LogP contribution is -2.17. The second-order valence-corrected chi connectivity index (χ2v) is 3.99. The summed E-state index contributed by atoms with van der Waals surface area (Å²) in [7, 11) is 0. The van der Waals surface area contributed by atoms with E-state index < -0.39 is 12.1 Å². The first-order valence-electron chi connectivity index (χ1n) is 5.69. The fourth-order valence-corrected chi connectivity index (χ4v) is 1.71. The Balaban J connectivity index is 2.35. The average Bonchev–Trinajstić information content (AvgIpc) is 2.86. The van der Waals surface area contributed by atoms with Crippen molar-refractivity contribution in [3.05, 3.63) is 36.2 Å². The maximum absolute atomic E-state index is 12.2. The number of aromatic nitrogens is 2. The quantitative estimate of drug-likeness (QED) is 0.817. The van der Waals surface area contributed by atoms with Crippen LogP contribution in [0.2, 0.25) is 0 Å². The van der Waals surface area contributed by atoms with Gasteiger partial charge in [0.2, 0.25) is 0 Å². The zero-order valence-electron chi connectivity index (χ0n) is 10.6. The second kappa shape index (κ2) is 5.59. The minimum atomic E-state index is -4.80. The van der Waals surface area contributed by atoms with Crippen molar-refractivity contribution >= 4 is 0 Å². The average molecular weight is 291 g/mol. The van der Waals surface area contributed by atoms with Gasteiger partial charge in [-0.2, -0.15) is 10.4 Å². The number of rotatable bonds is 3. The van der Waals surface area contributed by atoms with Gasteiger partial charge in [0.05, 0.1) is 17.8 Å². The molecular weight excluding hydrogens is 283 g/mol.